The fourth-order valence-electron chi connectivity index (χ4n) is 3.54. The third-order valence-corrected chi connectivity index (χ3v) is 7.28. The van der Waals surface area contributed by atoms with Crippen molar-refractivity contribution in [1.29, 1.82) is 0 Å². The van der Waals surface area contributed by atoms with Gasteiger partial charge < -0.3 is 0 Å². The lowest BCUT2D eigenvalue weighted by Crippen LogP contribution is -2.25. The molecule has 0 spiro atoms. The Balaban J connectivity index is 3.04. The van der Waals surface area contributed by atoms with Crippen molar-refractivity contribution in [1.82, 2.24) is 4.31 Å². The summed E-state index contributed by atoms with van der Waals surface area (Å²) in [5.74, 6) is 0. The monoisotopic (exact) mass is 381 g/mol. The maximum absolute atomic E-state index is 12.5. The molecule has 1 aromatic rings. The van der Waals surface area contributed by atoms with Gasteiger partial charge in [0.25, 0.3) is 0 Å². The fraction of sp³-hybridized carbons (Fsp3) is 0.727. The molecule has 1 aromatic carbocycles. The van der Waals surface area contributed by atoms with Gasteiger partial charge in [0, 0.05) is 14.1 Å². The van der Waals surface area contributed by atoms with Crippen LogP contribution in [-0.4, -0.2) is 26.8 Å². The molecule has 150 valence electrons. The summed E-state index contributed by atoms with van der Waals surface area (Å²) in [4.78, 5) is 0.411. The highest BCUT2D eigenvalue weighted by molar-refractivity contribution is 7.89. The Labute approximate surface area is 162 Å². The van der Waals surface area contributed by atoms with E-state index in [9.17, 15) is 8.42 Å². The second kappa shape index (κ2) is 11.1. The van der Waals surface area contributed by atoms with E-state index in [1.54, 1.807) is 20.2 Å². The van der Waals surface area contributed by atoms with Crippen molar-refractivity contribution in [3.8, 4) is 0 Å². The molecule has 0 fully saturated rings. The van der Waals surface area contributed by atoms with Crippen LogP contribution in [-0.2, 0) is 15.4 Å². The number of hydrogen-bond donors (Lipinski definition) is 0. The average molecular weight is 382 g/mol. The van der Waals surface area contributed by atoms with Gasteiger partial charge in [-0.25, -0.2) is 12.7 Å². The maximum Gasteiger partial charge on any atom is 0.242 e. The minimum Gasteiger partial charge on any atom is -0.207 e. The zero-order valence-electron chi connectivity index (χ0n) is 17.6. The van der Waals surface area contributed by atoms with Crippen LogP contribution in [0.15, 0.2) is 29.2 Å². The van der Waals surface area contributed by atoms with Gasteiger partial charge in [0.15, 0.2) is 0 Å². The third kappa shape index (κ3) is 6.70. The number of nitrogens with zero attached hydrogens (tertiary/aromatic N) is 1. The van der Waals surface area contributed by atoms with Gasteiger partial charge >= 0.3 is 0 Å². The Morgan fingerprint density at radius 2 is 1.42 bits per heavy atom. The molecule has 26 heavy (non-hydrogen) atoms. The van der Waals surface area contributed by atoms with E-state index in [1.165, 1.54) is 61.2 Å². The lowest BCUT2D eigenvalue weighted by atomic mass is 9.74. The molecule has 0 aromatic heterocycles. The summed E-state index contributed by atoms with van der Waals surface area (Å²) in [5, 5.41) is 0. The van der Waals surface area contributed by atoms with Crippen LogP contribution in [0, 0.1) is 0 Å². The highest BCUT2D eigenvalue weighted by Gasteiger charge is 2.27. The highest BCUT2D eigenvalue weighted by atomic mass is 32.2. The van der Waals surface area contributed by atoms with E-state index in [-0.39, 0.29) is 5.41 Å². The molecule has 0 N–H and O–H groups in total. The maximum atomic E-state index is 12.5. The second-order valence-corrected chi connectivity index (χ2v) is 10.1. The van der Waals surface area contributed by atoms with Gasteiger partial charge in [-0.1, -0.05) is 84.3 Å². The average Bonchev–Trinajstić information content (AvgIpc) is 2.62. The summed E-state index contributed by atoms with van der Waals surface area (Å²) in [6.07, 6.45) is 12.2. The summed E-state index contributed by atoms with van der Waals surface area (Å²) in [6.45, 7) is 6.80. The number of sulfonamides is 1. The van der Waals surface area contributed by atoms with Crippen LogP contribution in [0.1, 0.15) is 90.5 Å². The summed E-state index contributed by atoms with van der Waals surface area (Å²) >= 11 is 0. The number of rotatable bonds is 13. The smallest absolute Gasteiger partial charge is 0.207 e. The Morgan fingerprint density at radius 1 is 0.885 bits per heavy atom. The summed E-state index contributed by atoms with van der Waals surface area (Å²) in [6, 6.07) is 7.65. The lowest BCUT2D eigenvalue weighted by molar-refractivity contribution is 0.363. The van der Waals surface area contributed by atoms with Crippen LogP contribution in [0.4, 0.5) is 0 Å². The number of hydrogen-bond acceptors (Lipinski definition) is 2. The van der Waals surface area contributed by atoms with Gasteiger partial charge in [-0.15, -0.1) is 0 Å². The number of benzene rings is 1. The van der Waals surface area contributed by atoms with Crippen LogP contribution in [0.25, 0.3) is 0 Å². The molecule has 0 heterocycles. The minimum absolute atomic E-state index is 0.0549. The Kier molecular flexibility index (Phi) is 9.88. The van der Waals surface area contributed by atoms with Crippen LogP contribution in [0.5, 0.6) is 0 Å². The van der Waals surface area contributed by atoms with Crippen LogP contribution in [0.2, 0.25) is 0 Å². The van der Waals surface area contributed by atoms with Gasteiger partial charge in [0.2, 0.25) is 10.0 Å². The third-order valence-electron chi connectivity index (χ3n) is 5.47. The lowest BCUT2D eigenvalue weighted by Gasteiger charge is -2.31. The van der Waals surface area contributed by atoms with Crippen molar-refractivity contribution in [2.45, 2.75) is 95.3 Å². The highest BCUT2D eigenvalue weighted by Crippen LogP contribution is 2.36. The van der Waals surface area contributed by atoms with Gasteiger partial charge in [-0.3, -0.25) is 0 Å². The minimum atomic E-state index is -3.38. The molecule has 4 heteroatoms. The Morgan fingerprint density at radius 3 is 1.88 bits per heavy atom. The van der Waals surface area contributed by atoms with E-state index in [0.717, 1.165) is 12.8 Å². The largest absolute Gasteiger partial charge is 0.242 e. The molecule has 0 amide bonds. The fourth-order valence-corrected chi connectivity index (χ4v) is 4.49. The topological polar surface area (TPSA) is 37.4 Å². The predicted molar refractivity (Wildman–Crippen MR) is 112 cm³/mol. The van der Waals surface area contributed by atoms with Crippen molar-refractivity contribution < 1.29 is 8.42 Å². The molecule has 0 unspecified atom stereocenters. The predicted octanol–water partition coefficient (Wildman–Crippen LogP) is 6.14. The van der Waals surface area contributed by atoms with Crippen molar-refractivity contribution in [3.05, 3.63) is 29.8 Å². The molecule has 3 nitrogen and oxygen atoms in total. The molecular formula is C22H39NO2S. The number of unbranched alkanes of at least 4 members (excludes halogenated alkanes) is 6. The van der Waals surface area contributed by atoms with Crippen LogP contribution < -0.4 is 0 Å². The molecule has 0 saturated carbocycles. The first-order valence-corrected chi connectivity index (χ1v) is 11.7. The van der Waals surface area contributed by atoms with Gasteiger partial charge in [0.1, 0.15) is 0 Å². The van der Waals surface area contributed by atoms with Crippen LogP contribution >= 0.6 is 0 Å². The molecule has 0 aliphatic rings. The molecule has 0 saturated heterocycles. The van der Waals surface area contributed by atoms with E-state index in [1.807, 2.05) is 12.1 Å². The normalized spacial score (nSPS) is 12.7. The first-order chi connectivity index (χ1) is 12.3. The molecule has 0 atom stereocenters. The van der Waals surface area contributed by atoms with Crippen molar-refractivity contribution in [3.63, 3.8) is 0 Å². The molecule has 0 aliphatic heterocycles. The first-order valence-electron chi connectivity index (χ1n) is 10.3. The van der Waals surface area contributed by atoms with E-state index in [4.69, 9.17) is 0 Å². The summed E-state index contributed by atoms with van der Waals surface area (Å²) in [5.41, 5.74) is 1.23. The summed E-state index contributed by atoms with van der Waals surface area (Å²) in [7, 11) is -0.197. The Hall–Kier alpha value is -0.870. The van der Waals surface area contributed by atoms with E-state index >= 15 is 0 Å². The summed E-state index contributed by atoms with van der Waals surface area (Å²) < 4.78 is 26.4. The van der Waals surface area contributed by atoms with Gasteiger partial charge in [-0.2, -0.15) is 0 Å². The van der Waals surface area contributed by atoms with Gasteiger partial charge in [0.05, 0.1) is 4.90 Å². The molecule has 0 bridgehead atoms. The van der Waals surface area contributed by atoms with Gasteiger partial charge in [-0.05, 0) is 36.0 Å². The van der Waals surface area contributed by atoms with Crippen molar-refractivity contribution in [2.75, 3.05) is 14.1 Å². The standard InChI is InChI=1S/C22H39NO2S/c1-6-8-10-12-17-22(3,18-13-11-9-7-2)20-15-14-16-21(19-20)26(24,25)23(4)5/h14-16,19H,6-13,17-18H2,1-5H3. The zero-order chi connectivity index (χ0) is 19.6. The van der Waals surface area contributed by atoms with E-state index in [2.05, 4.69) is 26.8 Å². The molecule has 0 aliphatic carbocycles. The van der Waals surface area contributed by atoms with Crippen LogP contribution in [0.3, 0.4) is 0 Å². The van der Waals surface area contributed by atoms with Crippen molar-refractivity contribution in [2.24, 2.45) is 0 Å². The molecule has 1 rings (SSSR count). The molecular weight excluding hydrogens is 342 g/mol. The second-order valence-electron chi connectivity index (χ2n) is 8.00. The molecule has 0 radical (unpaired) electrons. The quantitative estimate of drug-likeness (QED) is 0.385. The van der Waals surface area contributed by atoms with Crippen molar-refractivity contribution >= 4 is 10.0 Å². The van der Waals surface area contributed by atoms with E-state index < -0.39 is 10.0 Å². The van der Waals surface area contributed by atoms with E-state index in [0.29, 0.717) is 4.90 Å². The first kappa shape index (κ1) is 23.2. The SMILES string of the molecule is CCCCCCC(C)(CCCCCC)c1cccc(S(=O)(=O)N(C)C)c1. The Bertz CT molecular complexity index is 611. The zero-order valence-corrected chi connectivity index (χ0v) is 18.4.